The van der Waals surface area contributed by atoms with Crippen LogP contribution in [-0.2, 0) is 4.84 Å². The number of halogens is 3. The predicted molar refractivity (Wildman–Crippen MR) is 101 cm³/mol. The fraction of sp³-hybridized carbons (Fsp3) is 0.333. The topological polar surface area (TPSA) is 52.9 Å². The molecule has 1 unspecified atom stereocenters. The van der Waals surface area contributed by atoms with Gasteiger partial charge in [0.25, 0.3) is 0 Å². The Balaban J connectivity index is 2.53. The van der Waals surface area contributed by atoms with Crippen molar-refractivity contribution in [1.82, 2.24) is 0 Å². The second kappa shape index (κ2) is 7.94. The third-order valence-electron chi connectivity index (χ3n) is 3.82. The Hall–Kier alpha value is -1.29. The number of hydrogen-bond donors (Lipinski definition) is 2. The van der Waals surface area contributed by atoms with Crippen LogP contribution in [0.3, 0.4) is 0 Å². The molecule has 0 saturated heterocycles. The van der Waals surface area contributed by atoms with E-state index >= 15 is 0 Å². The van der Waals surface area contributed by atoms with E-state index < -0.39 is 29.9 Å². The fourth-order valence-corrected chi connectivity index (χ4v) is 2.86. The average molecular weight is 463 g/mol. The van der Waals surface area contributed by atoms with Gasteiger partial charge in [0.1, 0.15) is 11.7 Å². The molecule has 0 aliphatic carbocycles. The molecule has 0 aliphatic heterocycles. The van der Waals surface area contributed by atoms with Crippen molar-refractivity contribution in [3.63, 3.8) is 0 Å². The first-order valence-electron chi connectivity index (χ1n) is 7.65. The van der Waals surface area contributed by atoms with Crippen LogP contribution in [0.4, 0.5) is 20.2 Å². The maximum absolute atomic E-state index is 13.7. The van der Waals surface area contributed by atoms with E-state index in [2.05, 4.69) is 22.6 Å². The van der Waals surface area contributed by atoms with Crippen molar-refractivity contribution in [3.05, 3.63) is 57.2 Å². The van der Waals surface area contributed by atoms with E-state index in [0.717, 1.165) is 21.3 Å². The van der Waals surface area contributed by atoms with Gasteiger partial charge in [0.05, 0.1) is 18.0 Å². The highest BCUT2D eigenvalue weighted by atomic mass is 127. The number of aliphatic hydroxyl groups excluding tert-OH is 2. The molecular formula is C18H20F2INO3. The summed E-state index contributed by atoms with van der Waals surface area (Å²) in [7, 11) is 0. The lowest BCUT2D eigenvalue weighted by atomic mass is 10.0. The summed E-state index contributed by atoms with van der Waals surface area (Å²) in [5, 5.41) is 20.6. The average Bonchev–Trinajstić information content (AvgIpc) is 2.55. The summed E-state index contributed by atoms with van der Waals surface area (Å²) in [6.45, 7) is 4.57. The summed E-state index contributed by atoms with van der Waals surface area (Å²) in [5.74, 6) is -1.97. The second-order valence-corrected chi connectivity index (χ2v) is 7.46. The van der Waals surface area contributed by atoms with Crippen molar-refractivity contribution in [2.75, 3.05) is 11.7 Å². The van der Waals surface area contributed by atoms with Gasteiger partial charge in [-0.2, -0.15) is 0 Å². The Kier molecular flexibility index (Phi) is 6.36. The number of rotatable bonds is 6. The van der Waals surface area contributed by atoms with Crippen molar-refractivity contribution in [3.8, 4) is 0 Å². The normalized spacial score (nSPS) is 13.0. The van der Waals surface area contributed by atoms with Crippen molar-refractivity contribution < 1.29 is 23.8 Å². The number of aryl methyl sites for hydroxylation is 1. The van der Waals surface area contributed by atoms with Crippen LogP contribution < -0.4 is 5.06 Å². The van der Waals surface area contributed by atoms with Gasteiger partial charge in [-0.1, -0.05) is 0 Å². The zero-order valence-corrected chi connectivity index (χ0v) is 16.3. The minimum atomic E-state index is -1.17. The first kappa shape index (κ1) is 20.0. The zero-order chi connectivity index (χ0) is 18.8. The predicted octanol–water partition coefficient (Wildman–Crippen LogP) is 4.08. The van der Waals surface area contributed by atoms with Crippen LogP contribution in [0.5, 0.6) is 0 Å². The van der Waals surface area contributed by atoms with E-state index in [-0.39, 0.29) is 5.69 Å². The third-order valence-corrected chi connectivity index (χ3v) is 4.49. The van der Waals surface area contributed by atoms with Gasteiger partial charge in [-0.25, -0.2) is 13.8 Å². The molecule has 0 bridgehead atoms. The molecule has 0 fully saturated rings. The standard InChI is InChI=1S/C18H20F2INO3/c1-11-8-12(21)4-7-16(11)22(25-18(2,3)17(24)10-23)13-5-6-14(19)15(20)9-13/h4-9,17,23-24H,10H2,1-3H3. The molecule has 2 N–H and O–H groups in total. The van der Waals surface area contributed by atoms with Gasteiger partial charge in [0.15, 0.2) is 11.6 Å². The van der Waals surface area contributed by atoms with Crippen LogP contribution >= 0.6 is 22.6 Å². The van der Waals surface area contributed by atoms with Crippen LogP contribution in [0.2, 0.25) is 0 Å². The number of anilines is 2. The lowest BCUT2D eigenvalue weighted by Crippen LogP contribution is -2.45. The first-order chi connectivity index (χ1) is 11.7. The van der Waals surface area contributed by atoms with Gasteiger partial charge in [0, 0.05) is 9.64 Å². The Bertz CT molecular complexity index is 755. The van der Waals surface area contributed by atoms with Gasteiger partial charge in [-0.15, -0.1) is 0 Å². The van der Waals surface area contributed by atoms with Crippen molar-refractivity contribution in [2.45, 2.75) is 32.5 Å². The summed E-state index contributed by atoms with van der Waals surface area (Å²) < 4.78 is 28.1. The van der Waals surface area contributed by atoms with Gasteiger partial charge in [-0.05, 0) is 79.3 Å². The molecule has 1 atom stereocenters. The van der Waals surface area contributed by atoms with E-state index in [1.54, 1.807) is 19.9 Å². The third kappa shape index (κ3) is 4.66. The summed E-state index contributed by atoms with van der Waals surface area (Å²) in [4.78, 5) is 5.91. The Morgan fingerprint density at radius 3 is 2.40 bits per heavy atom. The highest BCUT2D eigenvalue weighted by molar-refractivity contribution is 14.1. The fourth-order valence-electron chi connectivity index (χ4n) is 2.22. The lowest BCUT2D eigenvalue weighted by Gasteiger charge is -2.36. The number of benzene rings is 2. The number of aliphatic hydroxyl groups is 2. The van der Waals surface area contributed by atoms with Crippen LogP contribution in [-0.4, -0.2) is 28.5 Å². The van der Waals surface area contributed by atoms with Gasteiger partial charge in [-0.3, -0.25) is 4.84 Å². The monoisotopic (exact) mass is 463 g/mol. The molecule has 0 spiro atoms. The SMILES string of the molecule is Cc1cc(I)ccc1N(OC(C)(C)C(O)CO)c1ccc(F)c(F)c1. The van der Waals surface area contributed by atoms with Crippen LogP contribution in [0.25, 0.3) is 0 Å². The highest BCUT2D eigenvalue weighted by Crippen LogP contribution is 2.34. The van der Waals surface area contributed by atoms with Crippen molar-refractivity contribution in [1.29, 1.82) is 0 Å². The minimum Gasteiger partial charge on any atom is -0.394 e. The van der Waals surface area contributed by atoms with Gasteiger partial charge in [0.2, 0.25) is 0 Å². The summed E-state index contributed by atoms with van der Waals surface area (Å²) in [5.41, 5.74) is 0.562. The van der Waals surface area contributed by atoms with E-state index in [9.17, 15) is 19.0 Å². The molecule has 2 aromatic rings. The molecule has 0 amide bonds. The molecule has 2 aromatic carbocycles. The van der Waals surface area contributed by atoms with Gasteiger partial charge >= 0.3 is 0 Å². The van der Waals surface area contributed by atoms with Crippen molar-refractivity contribution in [2.24, 2.45) is 0 Å². The summed E-state index contributed by atoms with van der Waals surface area (Å²) in [6.07, 6.45) is -1.16. The van der Waals surface area contributed by atoms with Crippen molar-refractivity contribution >= 4 is 34.0 Å². The zero-order valence-electron chi connectivity index (χ0n) is 14.1. The minimum absolute atomic E-state index is 0.265. The van der Waals surface area contributed by atoms with E-state index in [1.807, 2.05) is 19.1 Å². The Morgan fingerprint density at radius 1 is 1.16 bits per heavy atom. The molecule has 0 saturated carbocycles. The molecule has 136 valence electrons. The molecule has 0 aliphatic rings. The molecule has 0 radical (unpaired) electrons. The summed E-state index contributed by atoms with van der Waals surface area (Å²) >= 11 is 2.17. The molecule has 0 heterocycles. The number of nitrogens with zero attached hydrogens (tertiary/aromatic N) is 1. The van der Waals surface area contributed by atoms with E-state index in [0.29, 0.717) is 5.69 Å². The molecule has 0 aromatic heterocycles. The Labute approximate surface area is 159 Å². The summed E-state index contributed by atoms with van der Waals surface area (Å²) in [6, 6.07) is 8.99. The molecule has 7 heteroatoms. The van der Waals surface area contributed by atoms with E-state index in [1.165, 1.54) is 11.1 Å². The molecular weight excluding hydrogens is 443 g/mol. The highest BCUT2D eigenvalue weighted by Gasteiger charge is 2.33. The van der Waals surface area contributed by atoms with Crippen LogP contribution in [0, 0.1) is 22.1 Å². The molecule has 2 rings (SSSR count). The largest absolute Gasteiger partial charge is 0.394 e. The lowest BCUT2D eigenvalue weighted by molar-refractivity contribution is -0.116. The van der Waals surface area contributed by atoms with Crippen LogP contribution in [0.1, 0.15) is 19.4 Å². The number of hydrogen-bond acceptors (Lipinski definition) is 4. The molecule has 25 heavy (non-hydrogen) atoms. The quantitative estimate of drug-likeness (QED) is 0.501. The maximum atomic E-state index is 13.7. The van der Waals surface area contributed by atoms with Gasteiger partial charge < -0.3 is 10.2 Å². The van der Waals surface area contributed by atoms with E-state index in [4.69, 9.17) is 4.84 Å². The first-order valence-corrected chi connectivity index (χ1v) is 8.73. The van der Waals surface area contributed by atoms with Crippen LogP contribution in [0.15, 0.2) is 36.4 Å². The molecule has 4 nitrogen and oxygen atoms in total. The maximum Gasteiger partial charge on any atom is 0.160 e. The second-order valence-electron chi connectivity index (χ2n) is 6.22. The smallest absolute Gasteiger partial charge is 0.160 e. The Morgan fingerprint density at radius 2 is 1.84 bits per heavy atom.